The van der Waals surface area contributed by atoms with Crippen LogP contribution in [-0.2, 0) is 9.53 Å². The summed E-state index contributed by atoms with van der Waals surface area (Å²) in [7, 11) is 0. The maximum Gasteiger partial charge on any atom is 0.260 e. The first kappa shape index (κ1) is 6.79. The van der Waals surface area contributed by atoms with E-state index in [-0.39, 0.29) is 11.8 Å². The van der Waals surface area contributed by atoms with E-state index < -0.39 is 0 Å². The number of hydrogen-bond donors (Lipinski definition) is 0. The molecule has 4 heteroatoms. The molecule has 0 aromatic heterocycles. The molecule has 2 aliphatic heterocycles. The number of fused-ring (bicyclic) bond motifs is 1. The molecule has 0 aliphatic carbocycles. The van der Waals surface area contributed by atoms with Crippen molar-refractivity contribution < 1.29 is 9.53 Å². The van der Waals surface area contributed by atoms with Gasteiger partial charge in [0.2, 0.25) is 0 Å². The molecule has 1 atom stereocenters. The summed E-state index contributed by atoms with van der Waals surface area (Å²) >= 11 is 3.24. The number of ether oxygens (including phenoxy) is 1. The molecule has 56 valence electrons. The molecule has 11 heavy (non-hydrogen) atoms. The Morgan fingerprint density at radius 1 is 1.64 bits per heavy atom. The highest BCUT2D eigenvalue weighted by Crippen LogP contribution is 2.30. The van der Waals surface area contributed by atoms with Crippen LogP contribution in [0.25, 0.3) is 0 Å². The van der Waals surface area contributed by atoms with Crippen LogP contribution in [0, 0.1) is 5.92 Å². The minimum absolute atomic E-state index is 0.169. The summed E-state index contributed by atoms with van der Waals surface area (Å²) in [6, 6.07) is 0. The van der Waals surface area contributed by atoms with E-state index in [1.165, 1.54) is 12.5 Å². The number of rotatable bonds is 0. The van der Waals surface area contributed by atoms with Crippen LogP contribution in [0.3, 0.4) is 0 Å². The summed E-state index contributed by atoms with van der Waals surface area (Å²) in [6.45, 7) is 0. The lowest BCUT2D eigenvalue weighted by Crippen LogP contribution is -2.15. The van der Waals surface area contributed by atoms with Crippen molar-refractivity contribution >= 4 is 28.1 Å². The number of halogens is 1. The topological polar surface area (TPSA) is 38.7 Å². The molecule has 0 saturated heterocycles. The largest absolute Gasteiger partial charge is 0.467 e. The SMILES string of the molecule is O=C1N=CC(Br)=C2OC=CC12. The van der Waals surface area contributed by atoms with Crippen molar-refractivity contribution in [3.63, 3.8) is 0 Å². The molecule has 2 aliphatic rings. The molecule has 2 rings (SSSR count). The van der Waals surface area contributed by atoms with E-state index in [9.17, 15) is 4.79 Å². The third kappa shape index (κ3) is 0.939. The van der Waals surface area contributed by atoms with Gasteiger partial charge in [0.1, 0.15) is 11.7 Å². The standard InChI is InChI=1S/C7H4BrNO2/c8-5-3-9-7(10)4-1-2-11-6(4)5/h1-4H. The second-order valence-corrected chi connectivity index (χ2v) is 3.09. The molecule has 0 radical (unpaired) electrons. The zero-order valence-corrected chi connectivity index (χ0v) is 7.04. The van der Waals surface area contributed by atoms with Gasteiger partial charge in [0, 0.05) is 6.21 Å². The fraction of sp³-hybridized carbons (Fsp3) is 0.143. The maximum absolute atomic E-state index is 11.0. The molecule has 0 spiro atoms. The Bertz CT molecular complexity index is 304. The number of hydrogen-bond acceptors (Lipinski definition) is 2. The highest BCUT2D eigenvalue weighted by molar-refractivity contribution is 9.12. The summed E-state index contributed by atoms with van der Waals surface area (Å²) in [6.07, 6.45) is 4.66. The lowest BCUT2D eigenvalue weighted by molar-refractivity contribution is -0.119. The number of amides is 1. The molecule has 2 heterocycles. The lowest BCUT2D eigenvalue weighted by Gasteiger charge is -2.10. The molecule has 0 bridgehead atoms. The molecule has 0 fully saturated rings. The van der Waals surface area contributed by atoms with E-state index in [2.05, 4.69) is 20.9 Å². The number of aliphatic imine (C=N–C) groups is 1. The van der Waals surface area contributed by atoms with Crippen molar-refractivity contribution in [2.75, 3.05) is 0 Å². The molecular formula is C7H4BrNO2. The average molecular weight is 214 g/mol. The Kier molecular flexibility index (Phi) is 1.42. The van der Waals surface area contributed by atoms with Crippen LogP contribution in [0.15, 0.2) is 27.6 Å². The highest BCUT2D eigenvalue weighted by Gasteiger charge is 2.29. The predicted molar refractivity (Wildman–Crippen MR) is 43.2 cm³/mol. The average Bonchev–Trinajstić information content (AvgIpc) is 2.45. The van der Waals surface area contributed by atoms with Gasteiger partial charge in [-0.3, -0.25) is 4.79 Å². The smallest absolute Gasteiger partial charge is 0.260 e. The van der Waals surface area contributed by atoms with Crippen LogP contribution in [-0.4, -0.2) is 12.1 Å². The van der Waals surface area contributed by atoms with Crippen molar-refractivity contribution in [3.8, 4) is 0 Å². The Balaban J connectivity index is 2.46. The molecule has 0 saturated carbocycles. The van der Waals surface area contributed by atoms with E-state index in [4.69, 9.17) is 4.74 Å². The van der Waals surface area contributed by atoms with Gasteiger partial charge in [-0.15, -0.1) is 0 Å². The Labute approximate surface area is 71.6 Å². The zero-order chi connectivity index (χ0) is 7.84. The number of carbonyl (C=O) groups excluding carboxylic acids is 1. The van der Waals surface area contributed by atoms with Crippen molar-refractivity contribution in [3.05, 3.63) is 22.6 Å². The number of dihydropyridines is 1. The number of allylic oxidation sites excluding steroid dienone is 1. The Morgan fingerprint density at radius 3 is 3.18 bits per heavy atom. The van der Waals surface area contributed by atoms with E-state index in [1.807, 2.05) is 0 Å². The summed E-state index contributed by atoms with van der Waals surface area (Å²) in [5, 5.41) is 0. The van der Waals surface area contributed by atoms with Crippen molar-refractivity contribution in [2.45, 2.75) is 0 Å². The van der Waals surface area contributed by atoms with E-state index in [0.29, 0.717) is 5.76 Å². The van der Waals surface area contributed by atoms with Gasteiger partial charge in [0.15, 0.2) is 0 Å². The predicted octanol–water partition coefficient (Wildman–Crippen LogP) is 1.36. The van der Waals surface area contributed by atoms with Crippen LogP contribution in [0.1, 0.15) is 0 Å². The van der Waals surface area contributed by atoms with Gasteiger partial charge in [-0.05, 0) is 22.0 Å². The fourth-order valence-electron chi connectivity index (χ4n) is 1.02. The molecule has 0 N–H and O–H groups in total. The summed E-state index contributed by atoms with van der Waals surface area (Å²) < 4.78 is 5.82. The van der Waals surface area contributed by atoms with Crippen molar-refractivity contribution in [1.82, 2.24) is 0 Å². The Hall–Kier alpha value is -0.900. The second kappa shape index (κ2) is 2.30. The van der Waals surface area contributed by atoms with Gasteiger partial charge in [-0.2, -0.15) is 0 Å². The molecular weight excluding hydrogens is 210 g/mol. The lowest BCUT2D eigenvalue weighted by atomic mass is 10.1. The van der Waals surface area contributed by atoms with Gasteiger partial charge in [-0.25, -0.2) is 4.99 Å². The number of carbonyl (C=O) groups is 1. The maximum atomic E-state index is 11.0. The molecule has 3 nitrogen and oxygen atoms in total. The summed E-state index contributed by atoms with van der Waals surface area (Å²) in [5.41, 5.74) is 0. The quantitative estimate of drug-likeness (QED) is 0.610. The number of nitrogens with zero attached hydrogens (tertiary/aromatic N) is 1. The molecule has 0 aromatic carbocycles. The first-order valence-corrected chi connectivity index (χ1v) is 3.89. The molecule has 1 amide bonds. The van der Waals surface area contributed by atoms with E-state index in [1.54, 1.807) is 6.08 Å². The van der Waals surface area contributed by atoms with Gasteiger partial charge in [-0.1, -0.05) is 0 Å². The fourth-order valence-corrected chi connectivity index (χ4v) is 1.46. The van der Waals surface area contributed by atoms with E-state index >= 15 is 0 Å². The monoisotopic (exact) mass is 213 g/mol. The molecule has 1 unspecified atom stereocenters. The minimum atomic E-state index is -0.297. The third-order valence-corrected chi connectivity index (χ3v) is 2.15. The summed E-state index contributed by atoms with van der Waals surface area (Å²) in [4.78, 5) is 14.7. The summed E-state index contributed by atoms with van der Waals surface area (Å²) in [5.74, 6) is 0.177. The van der Waals surface area contributed by atoms with Crippen molar-refractivity contribution in [2.24, 2.45) is 10.9 Å². The van der Waals surface area contributed by atoms with Gasteiger partial charge in [0.05, 0.1) is 10.7 Å². The zero-order valence-electron chi connectivity index (χ0n) is 5.45. The highest BCUT2D eigenvalue weighted by atomic mass is 79.9. The first-order valence-electron chi connectivity index (χ1n) is 3.10. The molecule has 0 aromatic rings. The van der Waals surface area contributed by atoms with Crippen LogP contribution < -0.4 is 0 Å². The minimum Gasteiger partial charge on any atom is -0.467 e. The van der Waals surface area contributed by atoms with Gasteiger partial charge >= 0.3 is 0 Å². The first-order chi connectivity index (χ1) is 5.29. The van der Waals surface area contributed by atoms with Gasteiger partial charge in [0.25, 0.3) is 5.91 Å². The second-order valence-electron chi connectivity index (χ2n) is 2.23. The van der Waals surface area contributed by atoms with Crippen LogP contribution in [0.5, 0.6) is 0 Å². The normalized spacial score (nSPS) is 27.4. The van der Waals surface area contributed by atoms with Crippen LogP contribution >= 0.6 is 15.9 Å². The Morgan fingerprint density at radius 2 is 2.45 bits per heavy atom. The van der Waals surface area contributed by atoms with Crippen LogP contribution in [0.2, 0.25) is 0 Å². The van der Waals surface area contributed by atoms with Gasteiger partial charge < -0.3 is 4.74 Å². The van der Waals surface area contributed by atoms with E-state index in [0.717, 1.165) is 4.48 Å². The van der Waals surface area contributed by atoms with Crippen LogP contribution in [0.4, 0.5) is 0 Å². The van der Waals surface area contributed by atoms with Crippen molar-refractivity contribution in [1.29, 1.82) is 0 Å². The third-order valence-electron chi connectivity index (χ3n) is 1.56.